The summed E-state index contributed by atoms with van der Waals surface area (Å²) >= 11 is 1.51. The van der Waals surface area contributed by atoms with Crippen molar-refractivity contribution in [3.63, 3.8) is 0 Å². The Morgan fingerprint density at radius 1 is 1.19 bits per heavy atom. The molecule has 3 rings (SSSR count). The topological polar surface area (TPSA) is 93.0 Å². The van der Waals surface area contributed by atoms with Crippen LogP contribution in [0.1, 0.15) is 24.2 Å². The zero-order valence-corrected chi connectivity index (χ0v) is 15.9. The maximum Gasteiger partial charge on any atom is 0.253 e. The van der Waals surface area contributed by atoms with Gasteiger partial charge in [0.2, 0.25) is 11.7 Å². The lowest BCUT2D eigenvalue weighted by Crippen LogP contribution is -2.30. The molecule has 0 bridgehead atoms. The van der Waals surface area contributed by atoms with Crippen molar-refractivity contribution < 1.29 is 9.59 Å². The van der Waals surface area contributed by atoms with Crippen molar-refractivity contribution in [3.05, 3.63) is 47.3 Å². The molecule has 8 nitrogen and oxygen atoms in total. The van der Waals surface area contributed by atoms with Gasteiger partial charge in [-0.25, -0.2) is 0 Å². The van der Waals surface area contributed by atoms with Crippen molar-refractivity contribution in [2.45, 2.75) is 20.4 Å². The van der Waals surface area contributed by atoms with E-state index in [4.69, 9.17) is 0 Å². The van der Waals surface area contributed by atoms with E-state index in [2.05, 4.69) is 20.7 Å². The molecule has 3 aromatic rings. The highest BCUT2D eigenvalue weighted by molar-refractivity contribution is 7.13. The highest BCUT2D eigenvalue weighted by atomic mass is 32.1. The number of rotatable bonds is 7. The van der Waals surface area contributed by atoms with E-state index in [-0.39, 0.29) is 18.4 Å². The molecule has 0 fully saturated rings. The van der Waals surface area contributed by atoms with Crippen molar-refractivity contribution in [1.29, 1.82) is 0 Å². The van der Waals surface area contributed by atoms with Gasteiger partial charge in [-0.1, -0.05) is 12.1 Å². The molecule has 0 radical (unpaired) electrons. The molecule has 0 aliphatic heterocycles. The van der Waals surface area contributed by atoms with Gasteiger partial charge in [0.15, 0.2) is 0 Å². The number of anilines is 1. The predicted molar refractivity (Wildman–Crippen MR) is 103 cm³/mol. The van der Waals surface area contributed by atoms with E-state index in [1.54, 1.807) is 29.2 Å². The molecular formula is C18H20N6O2S. The molecule has 2 heterocycles. The Bertz CT molecular complexity index is 918. The van der Waals surface area contributed by atoms with Crippen molar-refractivity contribution >= 4 is 28.8 Å². The number of nitrogens with one attached hydrogen (secondary N) is 1. The zero-order valence-electron chi connectivity index (χ0n) is 15.1. The van der Waals surface area contributed by atoms with Crippen molar-refractivity contribution in [2.24, 2.45) is 0 Å². The fourth-order valence-corrected chi connectivity index (χ4v) is 3.21. The summed E-state index contributed by atoms with van der Waals surface area (Å²) in [4.78, 5) is 28.6. The Morgan fingerprint density at radius 3 is 2.70 bits per heavy atom. The second kappa shape index (κ2) is 8.54. The first-order chi connectivity index (χ1) is 13.1. The van der Waals surface area contributed by atoms with Gasteiger partial charge in [0.1, 0.15) is 6.54 Å². The molecule has 0 spiro atoms. The lowest BCUT2D eigenvalue weighted by molar-refractivity contribution is -0.117. The van der Waals surface area contributed by atoms with Crippen LogP contribution < -0.4 is 5.32 Å². The van der Waals surface area contributed by atoms with Crippen LogP contribution in [0, 0.1) is 0 Å². The van der Waals surface area contributed by atoms with Gasteiger partial charge in [0, 0.05) is 24.3 Å². The molecule has 140 valence electrons. The molecule has 0 aliphatic rings. The molecule has 2 aromatic heterocycles. The van der Waals surface area contributed by atoms with Crippen LogP contribution in [-0.2, 0) is 11.3 Å². The van der Waals surface area contributed by atoms with Gasteiger partial charge in [-0.3, -0.25) is 9.59 Å². The third-order valence-corrected chi connectivity index (χ3v) is 4.79. The van der Waals surface area contributed by atoms with Gasteiger partial charge in [-0.15, -0.1) is 21.5 Å². The average molecular weight is 384 g/mol. The molecule has 0 saturated heterocycles. The SMILES string of the molecule is CCN(CC)C(=O)c1cccc(NC(=O)Cn2nnc(-c3cccs3)n2)c1. The van der Waals surface area contributed by atoms with Gasteiger partial charge in [-0.05, 0) is 48.7 Å². The molecule has 2 amide bonds. The summed E-state index contributed by atoms with van der Waals surface area (Å²) in [5, 5.41) is 16.8. The van der Waals surface area contributed by atoms with Crippen LogP contribution in [0.15, 0.2) is 41.8 Å². The van der Waals surface area contributed by atoms with Crippen molar-refractivity contribution in [3.8, 4) is 10.7 Å². The van der Waals surface area contributed by atoms with E-state index < -0.39 is 0 Å². The summed E-state index contributed by atoms with van der Waals surface area (Å²) in [6, 6.07) is 10.7. The second-order valence-electron chi connectivity index (χ2n) is 5.73. The molecular weight excluding hydrogens is 364 g/mol. The largest absolute Gasteiger partial charge is 0.339 e. The monoisotopic (exact) mass is 384 g/mol. The molecule has 1 N–H and O–H groups in total. The van der Waals surface area contributed by atoms with E-state index in [1.165, 1.54) is 16.1 Å². The number of nitrogens with zero attached hydrogens (tertiary/aromatic N) is 5. The minimum absolute atomic E-state index is 0.0605. The summed E-state index contributed by atoms with van der Waals surface area (Å²) < 4.78 is 0. The third kappa shape index (κ3) is 4.56. The first-order valence-corrected chi connectivity index (χ1v) is 9.49. The van der Waals surface area contributed by atoms with Crippen LogP contribution in [0.2, 0.25) is 0 Å². The zero-order chi connectivity index (χ0) is 19.2. The Balaban J connectivity index is 1.64. The molecule has 1 aromatic carbocycles. The highest BCUT2D eigenvalue weighted by Gasteiger charge is 2.14. The van der Waals surface area contributed by atoms with Gasteiger partial charge in [0.05, 0.1) is 4.88 Å². The predicted octanol–water partition coefficient (Wildman–Crippen LogP) is 2.52. The van der Waals surface area contributed by atoms with Gasteiger partial charge in [0.25, 0.3) is 5.91 Å². The summed E-state index contributed by atoms with van der Waals surface area (Å²) in [6.07, 6.45) is 0. The molecule has 0 unspecified atom stereocenters. The van der Waals surface area contributed by atoms with E-state index in [0.29, 0.717) is 30.2 Å². The summed E-state index contributed by atoms with van der Waals surface area (Å²) in [7, 11) is 0. The van der Waals surface area contributed by atoms with Crippen LogP contribution in [-0.4, -0.2) is 50.0 Å². The molecule has 27 heavy (non-hydrogen) atoms. The first-order valence-electron chi connectivity index (χ1n) is 8.61. The average Bonchev–Trinajstić information content (AvgIpc) is 3.34. The summed E-state index contributed by atoms with van der Waals surface area (Å²) in [6.45, 7) is 5.07. The van der Waals surface area contributed by atoms with Gasteiger partial charge < -0.3 is 10.2 Å². The normalized spacial score (nSPS) is 10.6. The Kier molecular flexibility index (Phi) is 5.92. The minimum Gasteiger partial charge on any atom is -0.339 e. The number of aromatic nitrogens is 4. The number of tetrazole rings is 1. The number of hydrogen-bond donors (Lipinski definition) is 1. The lowest BCUT2D eigenvalue weighted by Gasteiger charge is -2.19. The number of amides is 2. The molecule has 0 saturated carbocycles. The van der Waals surface area contributed by atoms with Crippen LogP contribution in [0.5, 0.6) is 0 Å². The Hall–Kier alpha value is -3.07. The third-order valence-electron chi connectivity index (χ3n) is 3.92. The number of carbonyl (C=O) groups excluding carboxylic acids is 2. The van der Waals surface area contributed by atoms with E-state index >= 15 is 0 Å². The van der Waals surface area contributed by atoms with Crippen molar-refractivity contribution in [1.82, 2.24) is 25.1 Å². The van der Waals surface area contributed by atoms with Gasteiger partial charge >= 0.3 is 0 Å². The first kappa shape index (κ1) is 18.7. The van der Waals surface area contributed by atoms with Gasteiger partial charge in [-0.2, -0.15) is 4.80 Å². The number of thiophene rings is 1. The lowest BCUT2D eigenvalue weighted by atomic mass is 10.1. The Morgan fingerprint density at radius 2 is 2.00 bits per heavy atom. The fourth-order valence-electron chi connectivity index (χ4n) is 2.57. The summed E-state index contributed by atoms with van der Waals surface area (Å²) in [5.74, 6) is 0.136. The maximum absolute atomic E-state index is 12.4. The molecule has 9 heteroatoms. The van der Waals surface area contributed by atoms with E-state index in [9.17, 15) is 9.59 Å². The molecule has 0 aliphatic carbocycles. The molecule has 0 atom stereocenters. The Labute approximate surface area is 160 Å². The summed E-state index contributed by atoms with van der Waals surface area (Å²) in [5.41, 5.74) is 1.09. The number of hydrogen-bond acceptors (Lipinski definition) is 6. The maximum atomic E-state index is 12.4. The van der Waals surface area contributed by atoms with E-state index in [1.807, 2.05) is 31.4 Å². The van der Waals surface area contributed by atoms with Crippen LogP contribution in [0.25, 0.3) is 10.7 Å². The number of carbonyl (C=O) groups is 2. The smallest absolute Gasteiger partial charge is 0.253 e. The highest BCUT2D eigenvalue weighted by Crippen LogP contribution is 2.19. The van der Waals surface area contributed by atoms with E-state index in [0.717, 1.165) is 4.88 Å². The van der Waals surface area contributed by atoms with Crippen LogP contribution in [0.3, 0.4) is 0 Å². The standard InChI is InChI=1S/C18H20N6O2S/c1-3-23(4-2)18(26)13-7-5-8-14(11-13)19-16(25)12-24-21-17(20-22-24)15-9-6-10-27-15/h5-11H,3-4,12H2,1-2H3,(H,19,25). The van der Waals surface area contributed by atoms with Crippen LogP contribution in [0.4, 0.5) is 5.69 Å². The second-order valence-corrected chi connectivity index (χ2v) is 6.67. The quantitative estimate of drug-likeness (QED) is 0.676. The number of benzene rings is 1. The minimum atomic E-state index is -0.294. The van der Waals surface area contributed by atoms with Crippen molar-refractivity contribution in [2.75, 3.05) is 18.4 Å². The fraction of sp³-hybridized carbons (Fsp3) is 0.278. The van der Waals surface area contributed by atoms with Crippen LogP contribution >= 0.6 is 11.3 Å².